The van der Waals surface area contributed by atoms with E-state index in [1.165, 1.54) is 44.0 Å². The Morgan fingerprint density at radius 1 is 0.765 bits per heavy atom. The second-order valence-corrected chi connectivity index (χ2v) is 14.6. The summed E-state index contributed by atoms with van der Waals surface area (Å²) in [5.74, 6) is 2.08. The van der Waals surface area contributed by atoms with Gasteiger partial charge in [0.25, 0.3) is 0 Å². The molecule has 1 aliphatic heterocycles. The zero-order chi connectivity index (χ0) is 33.9. The van der Waals surface area contributed by atoms with Crippen LogP contribution in [0.2, 0.25) is 0 Å². The zero-order valence-electron chi connectivity index (χ0n) is 28.8. The zero-order valence-corrected chi connectivity index (χ0v) is 28.8. The van der Waals surface area contributed by atoms with E-state index in [0.717, 1.165) is 59.4 Å². The number of rotatable bonds is 4. The molecule has 0 saturated carbocycles. The van der Waals surface area contributed by atoms with Crippen LogP contribution >= 0.6 is 0 Å². The van der Waals surface area contributed by atoms with E-state index in [9.17, 15) is 0 Å². The Labute approximate surface area is 299 Å². The maximum atomic E-state index is 5.55. The monoisotopic (exact) mass is 657 g/mol. The SMILES string of the molecule is CC1CC=CC2=C1C1C=CC=CC1C=C2C1CC(c2cc3c(c4ccccc24)C=CCC3)=NC(c2ccc(-c3nccc4ccccc34)cc2)=N1. The number of aliphatic imine (C=N–C) groups is 2. The highest BCUT2D eigenvalue weighted by molar-refractivity contribution is 6.19. The highest BCUT2D eigenvalue weighted by Crippen LogP contribution is 2.46. The second-order valence-electron chi connectivity index (χ2n) is 14.6. The molecule has 246 valence electrons. The molecule has 0 bridgehead atoms. The largest absolute Gasteiger partial charge is 0.258 e. The topological polar surface area (TPSA) is 37.6 Å². The molecule has 0 fully saturated rings. The summed E-state index contributed by atoms with van der Waals surface area (Å²) in [6, 6.07) is 30.6. The van der Waals surface area contributed by atoms with Gasteiger partial charge in [0.05, 0.1) is 17.4 Å². The van der Waals surface area contributed by atoms with Gasteiger partial charge in [0.1, 0.15) is 0 Å². The molecule has 4 unspecified atom stereocenters. The summed E-state index contributed by atoms with van der Waals surface area (Å²) >= 11 is 0. The average Bonchev–Trinajstić information content (AvgIpc) is 3.20. The molecular formula is C48H39N3. The van der Waals surface area contributed by atoms with Gasteiger partial charge in [-0.15, -0.1) is 0 Å². The van der Waals surface area contributed by atoms with Crippen LogP contribution in [0.5, 0.6) is 0 Å². The van der Waals surface area contributed by atoms with Crippen LogP contribution in [0.3, 0.4) is 0 Å². The smallest absolute Gasteiger partial charge is 0.155 e. The van der Waals surface area contributed by atoms with Crippen molar-refractivity contribution in [1.29, 1.82) is 0 Å². The summed E-state index contributed by atoms with van der Waals surface area (Å²) in [6.45, 7) is 2.40. The Kier molecular flexibility index (Phi) is 7.27. The van der Waals surface area contributed by atoms with Crippen molar-refractivity contribution in [3.63, 3.8) is 0 Å². The van der Waals surface area contributed by atoms with Crippen molar-refractivity contribution in [3.05, 3.63) is 179 Å². The summed E-state index contributed by atoms with van der Waals surface area (Å²) in [5.41, 5.74) is 12.6. The summed E-state index contributed by atoms with van der Waals surface area (Å²) in [5, 5.41) is 4.93. The fraction of sp³-hybridized carbons (Fsp3) is 0.188. The van der Waals surface area contributed by atoms with Crippen LogP contribution < -0.4 is 0 Å². The molecule has 3 nitrogen and oxygen atoms in total. The van der Waals surface area contributed by atoms with Crippen molar-refractivity contribution >= 4 is 39.2 Å². The lowest BCUT2D eigenvalue weighted by Crippen LogP contribution is -2.31. The van der Waals surface area contributed by atoms with Crippen molar-refractivity contribution in [3.8, 4) is 11.3 Å². The first-order chi connectivity index (χ1) is 25.2. The van der Waals surface area contributed by atoms with Crippen LogP contribution in [0.25, 0.3) is 38.9 Å². The summed E-state index contributed by atoms with van der Waals surface area (Å²) in [4.78, 5) is 15.8. The van der Waals surface area contributed by atoms with Crippen molar-refractivity contribution in [2.24, 2.45) is 27.7 Å². The first-order valence-corrected chi connectivity index (χ1v) is 18.5. The molecule has 0 N–H and O–H groups in total. The van der Waals surface area contributed by atoms with Gasteiger partial charge in [-0.05, 0) is 75.7 Å². The number of allylic oxidation sites excluding steroid dienone is 9. The van der Waals surface area contributed by atoms with E-state index in [1.807, 2.05) is 6.20 Å². The van der Waals surface area contributed by atoms with E-state index in [1.54, 1.807) is 5.57 Å². The van der Waals surface area contributed by atoms with Gasteiger partial charge >= 0.3 is 0 Å². The van der Waals surface area contributed by atoms with Gasteiger partial charge in [-0.2, -0.15) is 0 Å². The van der Waals surface area contributed by atoms with Crippen LogP contribution in [-0.4, -0.2) is 22.6 Å². The third-order valence-electron chi connectivity index (χ3n) is 11.5. The molecule has 51 heavy (non-hydrogen) atoms. The van der Waals surface area contributed by atoms with E-state index >= 15 is 0 Å². The predicted octanol–water partition coefficient (Wildman–Crippen LogP) is 11.2. The molecule has 4 atom stereocenters. The maximum Gasteiger partial charge on any atom is 0.155 e. The van der Waals surface area contributed by atoms with E-state index in [0.29, 0.717) is 17.8 Å². The normalized spacial score (nSPS) is 23.4. The number of hydrogen-bond acceptors (Lipinski definition) is 3. The number of amidine groups is 1. The standard InChI is InChI=1S/C48H39N3/c1-30-11-10-20-41-43(28-35-14-4-6-16-37(35)46(30)41)45-29-44(42-27-34-13-3-5-15-36(34)39-18-8-9-19-40(39)42)50-48(51-45)33-23-21-32(22-24-33)47-38-17-7-2-12-31(38)25-26-49-47/h2,4-10,12,14-28,30,35,37,45H,3,11,13,29H2,1H3. The Hall–Kier alpha value is -5.67. The Balaban J connectivity index is 1.13. The number of pyridine rings is 1. The van der Waals surface area contributed by atoms with Crippen molar-refractivity contribution in [2.75, 3.05) is 0 Å². The van der Waals surface area contributed by atoms with E-state index in [2.05, 4.69) is 147 Å². The molecule has 5 aromatic rings. The van der Waals surface area contributed by atoms with Gasteiger partial charge in [0, 0.05) is 46.5 Å². The van der Waals surface area contributed by atoms with Gasteiger partial charge in [0.15, 0.2) is 5.84 Å². The number of hydrogen-bond donors (Lipinski definition) is 0. The quantitative estimate of drug-likeness (QED) is 0.189. The molecule has 10 rings (SSSR count). The molecule has 3 heteroatoms. The van der Waals surface area contributed by atoms with Gasteiger partial charge in [-0.25, -0.2) is 4.99 Å². The average molecular weight is 658 g/mol. The number of benzene rings is 4. The number of nitrogens with zero attached hydrogens (tertiary/aromatic N) is 3. The van der Waals surface area contributed by atoms with E-state index in [4.69, 9.17) is 15.0 Å². The molecule has 1 aromatic heterocycles. The highest BCUT2D eigenvalue weighted by atomic mass is 15.0. The minimum absolute atomic E-state index is 0.0400. The maximum absolute atomic E-state index is 5.55. The van der Waals surface area contributed by atoms with Crippen molar-refractivity contribution < 1.29 is 0 Å². The van der Waals surface area contributed by atoms with E-state index < -0.39 is 0 Å². The van der Waals surface area contributed by atoms with Crippen molar-refractivity contribution in [2.45, 2.75) is 38.6 Å². The third-order valence-corrected chi connectivity index (χ3v) is 11.5. The summed E-state index contributed by atoms with van der Waals surface area (Å²) in [6.07, 6.45) is 27.0. The van der Waals surface area contributed by atoms with Crippen LogP contribution in [0, 0.1) is 17.8 Å². The Bertz CT molecular complexity index is 2490. The lowest BCUT2D eigenvalue weighted by atomic mass is 9.67. The molecule has 0 amide bonds. The molecule has 5 aliphatic rings. The predicted molar refractivity (Wildman–Crippen MR) is 213 cm³/mol. The molecule has 0 radical (unpaired) electrons. The number of aromatic nitrogens is 1. The minimum Gasteiger partial charge on any atom is -0.258 e. The minimum atomic E-state index is -0.0400. The molecule has 2 heterocycles. The first-order valence-electron chi connectivity index (χ1n) is 18.5. The Morgan fingerprint density at radius 2 is 1.57 bits per heavy atom. The second kappa shape index (κ2) is 12.3. The van der Waals surface area contributed by atoms with Gasteiger partial charge in [-0.3, -0.25) is 9.98 Å². The van der Waals surface area contributed by atoms with Crippen LogP contribution in [0.15, 0.2) is 166 Å². The number of aryl methyl sites for hydroxylation is 1. The van der Waals surface area contributed by atoms with Gasteiger partial charge in [0.2, 0.25) is 0 Å². The van der Waals surface area contributed by atoms with Crippen molar-refractivity contribution in [1.82, 2.24) is 4.98 Å². The third kappa shape index (κ3) is 5.14. The molecule has 4 aliphatic carbocycles. The van der Waals surface area contributed by atoms with Gasteiger partial charge < -0.3 is 0 Å². The lowest BCUT2D eigenvalue weighted by molar-refractivity contribution is 0.511. The Morgan fingerprint density at radius 3 is 2.47 bits per heavy atom. The molecule has 4 aromatic carbocycles. The molecular weight excluding hydrogens is 619 g/mol. The van der Waals surface area contributed by atoms with Crippen LogP contribution in [0.4, 0.5) is 0 Å². The fourth-order valence-corrected chi connectivity index (χ4v) is 9.06. The lowest BCUT2D eigenvalue weighted by Gasteiger charge is -2.39. The van der Waals surface area contributed by atoms with Crippen LogP contribution in [0.1, 0.15) is 48.4 Å². The molecule has 0 spiro atoms. The highest BCUT2D eigenvalue weighted by Gasteiger charge is 2.36. The summed E-state index contributed by atoms with van der Waals surface area (Å²) < 4.78 is 0. The van der Waals surface area contributed by atoms with Gasteiger partial charge in [-0.1, -0.05) is 140 Å². The summed E-state index contributed by atoms with van der Waals surface area (Å²) in [7, 11) is 0. The van der Waals surface area contributed by atoms with E-state index in [-0.39, 0.29) is 6.04 Å². The van der Waals surface area contributed by atoms with Crippen LogP contribution in [-0.2, 0) is 6.42 Å². The molecule has 0 saturated heterocycles. The fourth-order valence-electron chi connectivity index (χ4n) is 9.06. The number of fused-ring (bicyclic) bond motifs is 6. The first kappa shape index (κ1) is 30.2.